The number of benzene rings is 1. The standard InChI is InChI=1S/C16H14F4N4OS/c1-3-10(15-24-13(6-26-15)16(18,19)20)23-14-8-4-12(25-2)9(17)5-11(8)21-7-22-14/h4-7,10H,3H2,1-2H3,(H,21,22,23). The Morgan fingerprint density at radius 2 is 2.04 bits per heavy atom. The zero-order valence-electron chi connectivity index (χ0n) is 13.8. The van der Waals surface area contributed by atoms with Crippen molar-refractivity contribution in [2.45, 2.75) is 25.6 Å². The molecule has 1 N–H and O–H groups in total. The van der Waals surface area contributed by atoms with E-state index in [4.69, 9.17) is 4.74 Å². The van der Waals surface area contributed by atoms with Crippen molar-refractivity contribution in [3.8, 4) is 5.75 Å². The first-order valence-corrected chi connectivity index (χ1v) is 8.48. The molecule has 26 heavy (non-hydrogen) atoms. The van der Waals surface area contributed by atoms with Gasteiger partial charge in [0.1, 0.15) is 17.2 Å². The largest absolute Gasteiger partial charge is 0.494 e. The molecule has 5 nitrogen and oxygen atoms in total. The molecule has 0 fully saturated rings. The molecule has 0 radical (unpaired) electrons. The van der Waals surface area contributed by atoms with Gasteiger partial charge in [-0.25, -0.2) is 19.3 Å². The van der Waals surface area contributed by atoms with Crippen LogP contribution in [0.15, 0.2) is 23.8 Å². The van der Waals surface area contributed by atoms with Crippen LogP contribution in [-0.4, -0.2) is 22.1 Å². The molecular formula is C16H14F4N4OS. The van der Waals surface area contributed by atoms with E-state index < -0.39 is 23.7 Å². The highest BCUT2D eigenvalue weighted by molar-refractivity contribution is 7.09. The van der Waals surface area contributed by atoms with Gasteiger partial charge >= 0.3 is 6.18 Å². The molecular weight excluding hydrogens is 372 g/mol. The fourth-order valence-electron chi connectivity index (χ4n) is 2.41. The minimum absolute atomic E-state index is 0.0250. The van der Waals surface area contributed by atoms with Crippen molar-refractivity contribution in [2.75, 3.05) is 12.4 Å². The Morgan fingerprint density at radius 3 is 2.65 bits per heavy atom. The third-order valence-corrected chi connectivity index (χ3v) is 4.70. The van der Waals surface area contributed by atoms with Crippen molar-refractivity contribution in [2.24, 2.45) is 0 Å². The smallest absolute Gasteiger partial charge is 0.434 e. The van der Waals surface area contributed by atoms with Crippen LogP contribution < -0.4 is 10.1 Å². The third-order valence-electron chi connectivity index (χ3n) is 3.74. The highest BCUT2D eigenvalue weighted by atomic mass is 32.1. The molecule has 2 aromatic heterocycles. The number of rotatable bonds is 5. The molecule has 138 valence electrons. The van der Waals surface area contributed by atoms with Crippen LogP contribution in [0.1, 0.15) is 30.1 Å². The minimum atomic E-state index is -4.49. The molecule has 0 aliphatic heterocycles. The first-order chi connectivity index (χ1) is 12.3. The number of hydrogen-bond donors (Lipinski definition) is 1. The predicted octanol–water partition coefficient (Wildman–Crippen LogP) is 4.82. The minimum Gasteiger partial charge on any atom is -0.494 e. The normalized spacial score (nSPS) is 13.0. The number of methoxy groups -OCH3 is 1. The van der Waals surface area contributed by atoms with E-state index in [0.29, 0.717) is 28.1 Å². The summed E-state index contributed by atoms with van der Waals surface area (Å²) in [5.74, 6) is -0.174. The summed E-state index contributed by atoms with van der Waals surface area (Å²) >= 11 is 0.922. The summed E-state index contributed by atoms with van der Waals surface area (Å²) in [4.78, 5) is 11.8. The first-order valence-electron chi connectivity index (χ1n) is 7.61. The number of hydrogen-bond acceptors (Lipinski definition) is 6. The van der Waals surface area contributed by atoms with Gasteiger partial charge in [0.25, 0.3) is 0 Å². The summed E-state index contributed by atoms with van der Waals surface area (Å²) in [6.07, 6.45) is -2.75. The summed E-state index contributed by atoms with van der Waals surface area (Å²) in [6, 6.07) is 2.18. The SMILES string of the molecule is CCC(Nc1ncnc2cc(F)c(OC)cc12)c1nc(C(F)(F)F)cs1. The molecule has 0 aliphatic carbocycles. The highest BCUT2D eigenvalue weighted by Gasteiger charge is 2.34. The molecule has 3 rings (SSSR count). The summed E-state index contributed by atoms with van der Waals surface area (Å²) in [5.41, 5.74) is -0.570. The maximum atomic E-state index is 13.8. The molecule has 1 unspecified atom stereocenters. The van der Waals surface area contributed by atoms with Gasteiger partial charge in [-0.1, -0.05) is 6.92 Å². The third kappa shape index (κ3) is 3.55. The molecule has 0 bridgehead atoms. The maximum absolute atomic E-state index is 13.8. The number of aromatic nitrogens is 3. The molecule has 0 saturated heterocycles. The van der Waals surface area contributed by atoms with Crippen LogP contribution in [0.2, 0.25) is 0 Å². The Labute approximate surface area is 150 Å². The molecule has 10 heteroatoms. The van der Waals surface area contributed by atoms with Crippen LogP contribution in [0, 0.1) is 5.82 Å². The van der Waals surface area contributed by atoms with Crippen molar-refractivity contribution in [3.63, 3.8) is 0 Å². The molecule has 0 aliphatic rings. The number of fused-ring (bicyclic) bond motifs is 1. The van der Waals surface area contributed by atoms with Crippen LogP contribution in [-0.2, 0) is 6.18 Å². The lowest BCUT2D eigenvalue weighted by atomic mass is 10.2. The Balaban J connectivity index is 1.97. The van der Waals surface area contributed by atoms with Gasteiger partial charge in [0.2, 0.25) is 0 Å². The van der Waals surface area contributed by atoms with E-state index in [-0.39, 0.29) is 5.75 Å². The van der Waals surface area contributed by atoms with Crippen LogP contribution >= 0.6 is 11.3 Å². The van der Waals surface area contributed by atoms with Gasteiger partial charge < -0.3 is 10.1 Å². The quantitative estimate of drug-likeness (QED) is 0.638. The van der Waals surface area contributed by atoms with Gasteiger partial charge in [-0.15, -0.1) is 11.3 Å². The number of anilines is 1. The average molecular weight is 386 g/mol. The molecule has 0 spiro atoms. The summed E-state index contributed by atoms with van der Waals surface area (Å²) in [6.45, 7) is 1.82. The van der Waals surface area contributed by atoms with E-state index in [1.807, 2.05) is 6.92 Å². The van der Waals surface area contributed by atoms with E-state index in [1.54, 1.807) is 0 Å². The Hall–Kier alpha value is -2.49. The van der Waals surface area contributed by atoms with Gasteiger partial charge in [-0.2, -0.15) is 13.2 Å². The number of ether oxygens (including phenoxy) is 1. The average Bonchev–Trinajstić information content (AvgIpc) is 3.09. The van der Waals surface area contributed by atoms with Gasteiger partial charge in [0, 0.05) is 16.8 Å². The van der Waals surface area contributed by atoms with Crippen molar-refractivity contribution >= 4 is 28.1 Å². The zero-order chi connectivity index (χ0) is 18.9. The number of nitrogens with one attached hydrogen (secondary N) is 1. The van der Waals surface area contributed by atoms with E-state index in [0.717, 1.165) is 16.7 Å². The van der Waals surface area contributed by atoms with Gasteiger partial charge in [-0.3, -0.25) is 0 Å². The molecule has 0 amide bonds. The lowest BCUT2D eigenvalue weighted by Crippen LogP contribution is -2.12. The van der Waals surface area contributed by atoms with E-state index in [2.05, 4.69) is 20.3 Å². The maximum Gasteiger partial charge on any atom is 0.434 e. The van der Waals surface area contributed by atoms with Crippen LogP contribution in [0.25, 0.3) is 10.9 Å². The second kappa shape index (κ2) is 7.02. The number of nitrogens with zero attached hydrogens (tertiary/aromatic N) is 3. The van der Waals surface area contributed by atoms with Gasteiger partial charge in [0.05, 0.1) is 18.7 Å². The second-order valence-corrected chi connectivity index (χ2v) is 6.29. The Bertz CT molecular complexity index is 928. The highest BCUT2D eigenvalue weighted by Crippen LogP contribution is 2.34. The van der Waals surface area contributed by atoms with E-state index in [9.17, 15) is 17.6 Å². The fraction of sp³-hybridized carbons (Fsp3) is 0.312. The molecule has 1 atom stereocenters. The number of alkyl halides is 3. The van der Waals surface area contributed by atoms with Gasteiger partial charge in [-0.05, 0) is 12.5 Å². The predicted molar refractivity (Wildman–Crippen MR) is 89.8 cm³/mol. The Kier molecular flexibility index (Phi) is 4.94. The van der Waals surface area contributed by atoms with Crippen molar-refractivity contribution in [1.29, 1.82) is 0 Å². The molecule has 2 heterocycles. The number of halogens is 4. The van der Waals surface area contributed by atoms with Crippen molar-refractivity contribution < 1.29 is 22.3 Å². The van der Waals surface area contributed by atoms with Crippen LogP contribution in [0.5, 0.6) is 5.75 Å². The lowest BCUT2D eigenvalue weighted by Gasteiger charge is -2.17. The van der Waals surface area contributed by atoms with Crippen LogP contribution in [0.4, 0.5) is 23.4 Å². The molecule has 0 saturated carbocycles. The Morgan fingerprint density at radius 1 is 1.27 bits per heavy atom. The summed E-state index contributed by atoms with van der Waals surface area (Å²) in [7, 11) is 1.34. The van der Waals surface area contributed by atoms with E-state index in [1.165, 1.54) is 25.6 Å². The zero-order valence-corrected chi connectivity index (χ0v) is 14.6. The first kappa shape index (κ1) is 18.3. The summed E-state index contributed by atoms with van der Waals surface area (Å²) in [5, 5.41) is 4.85. The van der Waals surface area contributed by atoms with E-state index >= 15 is 0 Å². The van der Waals surface area contributed by atoms with Crippen LogP contribution in [0.3, 0.4) is 0 Å². The second-order valence-electron chi connectivity index (χ2n) is 5.40. The monoisotopic (exact) mass is 386 g/mol. The molecule has 3 aromatic rings. The number of thiazole rings is 1. The topological polar surface area (TPSA) is 59.9 Å². The van der Waals surface area contributed by atoms with Crippen molar-refractivity contribution in [1.82, 2.24) is 15.0 Å². The fourth-order valence-corrected chi connectivity index (χ4v) is 3.37. The van der Waals surface area contributed by atoms with Crippen molar-refractivity contribution in [3.05, 3.63) is 40.4 Å². The lowest BCUT2D eigenvalue weighted by molar-refractivity contribution is -0.140. The summed E-state index contributed by atoms with van der Waals surface area (Å²) < 4.78 is 57.1. The molecule has 1 aromatic carbocycles. The van der Waals surface area contributed by atoms with Gasteiger partial charge in [0.15, 0.2) is 17.3 Å².